The maximum absolute atomic E-state index is 10.9. The highest BCUT2D eigenvalue weighted by Crippen LogP contribution is 2.23. The average molecular weight is 468 g/mol. The third-order valence-corrected chi connectivity index (χ3v) is 4.04. The zero-order valence-electron chi connectivity index (χ0n) is 16.5. The molecule has 0 aliphatic carbocycles. The summed E-state index contributed by atoms with van der Waals surface area (Å²) < 4.78 is 0. The summed E-state index contributed by atoms with van der Waals surface area (Å²) in [6.07, 6.45) is 0. The van der Waals surface area contributed by atoms with Gasteiger partial charge in [0.25, 0.3) is 10.5 Å². The quantitative estimate of drug-likeness (QED) is 0.319. The summed E-state index contributed by atoms with van der Waals surface area (Å²) in [6, 6.07) is 12.3. The van der Waals surface area contributed by atoms with Gasteiger partial charge in [-0.15, -0.1) is 12.4 Å². The maximum atomic E-state index is 10.9. The summed E-state index contributed by atoms with van der Waals surface area (Å²) in [5, 5.41) is -0.491. The molecule has 0 amide bonds. The Labute approximate surface area is 188 Å². The van der Waals surface area contributed by atoms with Crippen molar-refractivity contribution in [1.29, 1.82) is 0 Å². The number of aryl methyl sites for hydroxylation is 1. The van der Waals surface area contributed by atoms with E-state index >= 15 is 0 Å². The molecular formula is C20H26Cl4N2O2. The molecule has 0 aromatic heterocycles. The Morgan fingerprint density at radius 3 is 1.68 bits per heavy atom. The first-order chi connectivity index (χ1) is 12.4. The molecule has 8 heteroatoms. The van der Waals surface area contributed by atoms with Crippen LogP contribution in [-0.2, 0) is 0 Å². The molecule has 0 saturated heterocycles. The lowest BCUT2D eigenvalue weighted by atomic mass is 10.0. The van der Waals surface area contributed by atoms with Gasteiger partial charge in [-0.2, -0.15) is 0 Å². The van der Waals surface area contributed by atoms with Gasteiger partial charge in [-0.1, -0.05) is 48.0 Å². The smallest absolute Gasteiger partial charge is 0.254 e. The van der Waals surface area contributed by atoms with E-state index in [1.165, 1.54) is 0 Å². The van der Waals surface area contributed by atoms with Crippen molar-refractivity contribution in [2.75, 3.05) is 0 Å². The van der Waals surface area contributed by atoms with Gasteiger partial charge in [0.05, 0.1) is 10.6 Å². The minimum Gasteiger partial charge on any atom is -0.276 e. The van der Waals surface area contributed by atoms with Crippen LogP contribution in [0.4, 0.5) is 0 Å². The second-order valence-corrected chi connectivity index (χ2v) is 7.77. The van der Waals surface area contributed by atoms with Crippen LogP contribution >= 0.6 is 47.2 Å². The normalized spacial score (nSPS) is 9.75. The van der Waals surface area contributed by atoms with Crippen LogP contribution in [0.2, 0.25) is 5.02 Å². The highest BCUT2D eigenvalue weighted by atomic mass is 35.5. The van der Waals surface area contributed by atoms with E-state index in [4.69, 9.17) is 40.6 Å². The molecule has 0 aliphatic rings. The van der Waals surface area contributed by atoms with E-state index in [0.29, 0.717) is 16.1 Å². The van der Waals surface area contributed by atoms with E-state index in [1.54, 1.807) is 30.3 Å². The third kappa shape index (κ3) is 11.6. The second kappa shape index (κ2) is 13.9. The van der Waals surface area contributed by atoms with Gasteiger partial charge in [0.2, 0.25) is 0 Å². The van der Waals surface area contributed by atoms with Crippen molar-refractivity contribution in [1.82, 2.24) is 5.43 Å². The number of rotatable bonds is 2. The highest BCUT2D eigenvalue weighted by molar-refractivity contribution is 6.69. The molecule has 3 N–H and O–H groups in total. The first-order valence-corrected chi connectivity index (χ1v) is 9.22. The number of hydrazine groups is 1. The van der Waals surface area contributed by atoms with Crippen LogP contribution in [0.5, 0.6) is 0 Å². The van der Waals surface area contributed by atoms with Crippen LogP contribution in [-0.4, -0.2) is 16.0 Å². The fourth-order valence-corrected chi connectivity index (χ4v) is 2.30. The molecule has 0 heterocycles. The van der Waals surface area contributed by atoms with E-state index in [2.05, 4.69) is 5.43 Å². The van der Waals surface area contributed by atoms with Crippen molar-refractivity contribution in [3.63, 3.8) is 0 Å². The largest absolute Gasteiger partial charge is 0.276 e. The zero-order valence-corrected chi connectivity index (χ0v) is 19.6. The topological polar surface area (TPSA) is 72.2 Å². The standard InChI is InChI=1S/C9H8Cl2O.C7H5ClO.C4H12N2.ClH/c1-5-3-4-7(10)8(6(5)2)9(11)12;8-7(9)6-4-2-1-3-5-6;1-4(2,3)6-5;/h3-4H,1-2H3;1-5H;6H,5H2,1-3H3;1H. The minimum absolute atomic E-state index is 0. The van der Waals surface area contributed by atoms with Crippen molar-refractivity contribution in [3.05, 3.63) is 69.7 Å². The van der Waals surface area contributed by atoms with Crippen LogP contribution in [0.15, 0.2) is 42.5 Å². The first-order valence-electron chi connectivity index (χ1n) is 8.09. The fourth-order valence-electron chi connectivity index (χ4n) is 1.59. The molecule has 0 atom stereocenters. The minimum atomic E-state index is -0.499. The number of nitrogens with two attached hydrogens (primary N) is 1. The summed E-state index contributed by atoms with van der Waals surface area (Å²) in [6.45, 7) is 9.76. The molecule has 2 rings (SSSR count). The molecule has 0 radical (unpaired) electrons. The Bertz CT molecular complexity index is 761. The Kier molecular flexibility index (Phi) is 14.5. The van der Waals surface area contributed by atoms with Gasteiger partial charge in [-0.25, -0.2) is 0 Å². The fraction of sp³-hybridized carbons (Fsp3) is 0.300. The Morgan fingerprint density at radius 1 is 0.929 bits per heavy atom. The molecule has 28 heavy (non-hydrogen) atoms. The van der Waals surface area contributed by atoms with Gasteiger partial charge in [-0.05, 0) is 75.0 Å². The number of carbonyl (C=O) groups excluding carboxylic acids is 2. The lowest BCUT2D eigenvalue weighted by Crippen LogP contribution is -2.41. The van der Waals surface area contributed by atoms with Crippen molar-refractivity contribution in [2.45, 2.75) is 40.2 Å². The molecule has 4 nitrogen and oxygen atoms in total. The second-order valence-electron chi connectivity index (χ2n) is 6.67. The monoisotopic (exact) mass is 466 g/mol. The molecule has 2 aromatic rings. The lowest BCUT2D eigenvalue weighted by molar-refractivity contribution is 0.107. The summed E-state index contributed by atoms with van der Waals surface area (Å²) >= 11 is 16.3. The molecule has 0 fully saturated rings. The predicted molar refractivity (Wildman–Crippen MR) is 122 cm³/mol. The summed E-state index contributed by atoms with van der Waals surface area (Å²) in [5.41, 5.74) is 5.50. The number of hydrogen-bond donors (Lipinski definition) is 2. The van der Waals surface area contributed by atoms with Gasteiger partial charge in [-0.3, -0.25) is 20.9 Å². The van der Waals surface area contributed by atoms with Crippen molar-refractivity contribution < 1.29 is 9.59 Å². The average Bonchev–Trinajstić information content (AvgIpc) is 2.59. The Hall–Kier alpha value is -1.14. The van der Waals surface area contributed by atoms with Gasteiger partial charge >= 0.3 is 0 Å². The molecule has 0 saturated carbocycles. The van der Waals surface area contributed by atoms with E-state index < -0.39 is 10.5 Å². The molecule has 0 aliphatic heterocycles. The Morgan fingerprint density at radius 2 is 1.39 bits per heavy atom. The van der Waals surface area contributed by atoms with Gasteiger partial charge < -0.3 is 0 Å². The van der Waals surface area contributed by atoms with Gasteiger partial charge in [0.15, 0.2) is 0 Å². The number of nitrogens with one attached hydrogen (secondary N) is 1. The molecule has 156 valence electrons. The number of hydrogen-bond acceptors (Lipinski definition) is 4. The number of benzene rings is 2. The van der Waals surface area contributed by atoms with Gasteiger partial charge in [0, 0.05) is 11.1 Å². The highest BCUT2D eigenvalue weighted by Gasteiger charge is 2.11. The van der Waals surface area contributed by atoms with Crippen molar-refractivity contribution in [3.8, 4) is 0 Å². The molecule has 0 spiro atoms. The van der Waals surface area contributed by atoms with Crippen LogP contribution in [0.25, 0.3) is 0 Å². The molecular weight excluding hydrogens is 442 g/mol. The lowest BCUT2D eigenvalue weighted by Gasteiger charge is -2.14. The van der Waals surface area contributed by atoms with Crippen molar-refractivity contribution in [2.24, 2.45) is 5.84 Å². The maximum Gasteiger partial charge on any atom is 0.254 e. The Balaban J connectivity index is 0. The van der Waals surface area contributed by atoms with E-state index in [-0.39, 0.29) is 17.9 Å². The van der Waals surface area contributed by atoms with Gasteiger partial charge in [0.1, 0.15) is 0 Å². The van der Waals surface area contributed by atoms with Crippen LogP contribution < -0.4 is 11.3 Å². The van der Waals surface area contributed by atoms with Crippen LogP contribution in [0, 0.1) is 13.8 Å². The van der Waals surface area contributed by atoms with Crippen LogP contribution in [0.3, 0.4) is 0 Å². The van der Waals surface area contributed by atoms with Crippen LogP contribution in [0.1, 0.15) is 52.6 Å². The molecule has 2 aromatic carbocycles. The molecule has 0 unspecified atom stereocenters. The van der Waals surface area contributed by atoms with E-state index in [0.717, 1.165) is 11.1 Å². The van der Waals surface area contributed by atoms with Crippen molar-refractivity contribution >= 4 is 57.7 Å². The predicted octanol–water partition coefficient (Wildman–Crippen LogP) is 6.07. The number of halogens is 4. The summed E-state index contributed by atoms with van der Waals surface area (Å²) in [4.78, 5) is 21.3. The number of carbonyl (C=O) groups is 2. The van der Waals surface area contributed by atoms with E-state index in [1.807, 2.05) is 46.8 Å². The first kappa shape index (κ1) is 29.1. The zero-order chi connectivity index (χ0) is 21.2. The SMILES string of the molecule is CC(C)(C)NN.Cc1ccc(Cl)c(C(=O)Cl)c1C.Cl.O=C(Cl)c1ccccc1. The molecule has 0 bridgehead atoms. The third-order valence-electron chi connectivity index (χ3n) is 3.32. The summed E-state index contributed by atoms with van der Waals surface area (Å²) in [7, 11) is 0. The summed E-state index contributed by atoms with van der Waals surface area (Å²) in [5.74, 6) is 5.06. The van der Waals surface area contributed by atoms with E-state index in [9.17, 15) is 9.59 Å².